The standard InChI is InChI=1S/C17H13BrN2O2/c1-21-12-5-6-13-15(8-12)22-17(20)14(9-19)16(13)10-3-2-4-11(18)7-10/h2-8,16H,20H2,1H3/t16-/m0/s1. The van der Waals surface area contributed by atoms with E-state index in [9.17, 15) is 5.26 Å². The first-order valence-corrected chi connectivity index (χ1v) is 7.44. The Hall–Kier alpha value is -2.45. The summed E-state index contributed by atoms with van der Waals surface area (Å²) in [5, 5.41) is 9.48. The SMILES string of the molecule is COc1ccc2c(c1)OC(N)=C(C#N)[C@H]2c1cccc(Br)c1. The lowest BCUT2D eigenvalue weighted by molar-refractivity contribution is 0.381. The Balaban J connectivity index is 2.21. The van der Waals surface area contributed by atoms with Gasteiger partial charge in [0.25, 0.3) is 0 Å². The zero-order valence-corrected chi connectivity index (χ0v) is 13.4. The maximum Gasteiger partial charge on any atom is 0.205 e. The molecule has 2 aromatic carbocycles. The summed E-state index contributed by atoms with van der Waals surface area (Å²) >= 11 is 3.47. The Bertz CT molecular complexity index is 809. The number of hydrogen-bond acceptors (Lipinski definition) is 4. The second-order valence-electron chi connectivity index (χ2n) is 4.88. The fraction of sp³-hybridized carbons (Fsp3) is 0.118. The second kappa shape index (κ2) is 5.74. The van der Waals surface area contributed by atoms with E-state index in [-0.39, 0.29) is 11.8 Å². The first-order valence-electron chi connectivity index (χ1n) is 6.65. The molecule has 0 saturated carbocycles. The molecule has 110 valence electrons. The van der Waals surface area contributed by atoms with Gasteiger partial charge in [-0.2, -0.15) is 5.26 Å². The van der Waals surface area contributed by atoms with Crippen LogP contribution >= 0.6 is 15.9 Å². The highest BCUT2D eigenvalue weighted by molar-refractivity contribution is 9.10. The van der Waals surface area contributed by atoms with Crippen molar-refractivity contribution >= 4 is 15.9 Å². The van der Waals surface area contributed by atoms with Crippen molar-refractivity contribution in [3.8, 4) is 17.6 Å². The number of nitrogens with two attached hydrogens (primary N) is 1. The zero-order valence-electron chi connectivity index (χ0n) is 11.8. The van der Waals surface area contributed by atoms with Crippen LogP contribution in [0.5, 0.6) is 11.5 Å². The number of rotatable bonds is 2. The van der Waals surface area contributed by atoms with E-state index in [1.54, 1.807) is 13.2 Å². The van der Waals surface area contributed by atoms with Gasteiger partial charge >= 0.3 is 0 Å². The highest BCUT2D eigenvalue weighted by atomic mass is 79.9. The molecule has 0 radical (unpaired) electrons. The average Bonchev–Trinajstić information content (AvgIpc) is 2.52. The molecular formula is C17H13BrN2O2. The molecule has 2 N–H and O–H groups in total. The van der Waals surface area contributed by atoms with Crippen molar-refractivity contribution in [1.29, 1.82) is 5.26 Å². The van der Waals surface area contributed by atoms with Gasteiger partial charge in [0, 0.05) is 16.1 Å². The summed E-state index contributed by atoms with van der Waals surface area (Å²) in [6, 6.07) is 15.5. The number of ether oxygens (including phenoxy) is 2. The number of fused-ring (bicyclic) bond motifs is 1. The first kappa shape index (κ1) is 14.5. The molecule has 0 aromatic heterocycles. The molecule has 1 atom stereocenters. The largest absolute Gasteiger partial charge is 0.497 e. The van der Waals surface area contributed by atoms with Gasteiger partial charge in [0.05, 0.1) is 13.0 Å². The van der Waals surface area contributed by atoms with E-state index in [0.717, 1.165) is 15.6 Å². The minimum Gasteiger partial charge on any atom is -0.497 e. The van der Waals surface area contributed by atoms with Gasteiger partial charge in [-0.1, -0.05) is 34.1 Å². The van der Waals surface area contributed by atoms with Gasteiger partial charge in [0.2, 0.25) is 5.88 Å². The van der Waals surface area contributed by atoms with Crippen molar-refractivity contribution in [3.05, 3.63) is 69.5 Å². The summed E-state index contributed by atoms with van der Waals surface area (Å²) in [6.07, 6.45) is 0. The summed E-state index contributed by atoms with van der Waals surface area (Å²) in [5.74, 6) is 1.17. The van der Waals surface area contributed by atoms with Gasteiger partial charge in [0.15, 0.2) is 0 Å². The van der Waals surface area contributed by atoms with E-state index < -0.39 is 0 Å². The van der Waals surface area contributed by atoms with Crippen molar-refractivity contribution in [2.45, 2.75) is 5.92 Å². The van der Waals surface area contributed by atoms with E-state index in [1.165, 1.54) is 0 Å². The molecule has 1 aliphatic rings. The Morgan fingerprint density at radius 3 is 2.77 bits per heavy atom. The lowest BCUT2D eigenvalue weighted by Crippen LogP contribution is -2.21. The Morgan fingerprint density at radius 2 is 2.09 bits per heavy atom. The molecule has 5 heteroatoms. The number of nitrogens with zero attached hydrogens (tertiary/aromatic N) is 1. The van der Waals surface area contributed by atoms with Crippen LogP contribution in [-0.2, 0) is 0 Å². The van der Waals surface area contributed by atoms with Crippen LogP contribution in [-0.4, -0.2) is 7.11 Å². The van der Waals surface area contributed by atoms with Crippen LogP contribution in [0.1, 0.15) is 17.0 Å². The maximum absolute atomic E-state index is 9.48. The smallest absolute Gasteiger partial charge is 0.205 e. The predicted octanol–water partition coefficient (Wildman–Crippen LogP) is 3.68. The van der Waals surface area contributed by atoms with Crippen molar-refractivity contribution < 1.29 is 9.47 Å². The Morgan fingerprint density at radius 1 is 1.27 bits per heavy atom. The molecule has 0 saturated heterocycles. The molecule has 4 nitrogen and oxygen atoms in total. The van der Waals surface area contributed by atoms with Crippen LogP contribution in [0.2, 0.25) is 0 Å². The minimum atomic E-state index is -0.253. The normalized spacial score (nSPS) is 16.5. The van der Waals surface area contributed by atoms with Gasteiger partial charge in [-0.25, -0.2) is 0 Å². The molecule has 0 fully saturated rings. The summed E-state index contributed by atoms with van der Waals surface area (Å²) in [4.78, 5) is 0. The number of allylic oxidation sites excluding steroid dienone is 1. The van der Waals surface area contributed by atoms with Crippen LogP contribution < -0.4 is 15.2 Å². The quantitative estimate of drug-likeness (QED) is 0.890. The highest BCUT2D eigenvalue weighted by Gasteiger charge is 2.30. The van der Waals surface area contributed by atoms with E-state index in [1.807, 2.05) is 36.4 Å². The summed E-state index contributed by atoms with van der Waals surface area (Å²) in [7, 11) is 1.59. The second-order valence-corrected chi connectivity index (χ2v) is 5.80. The van der Waals surface area contributed by atoms with Gasteiger partial charge in [-0.05, 0) is 23.8 Å². The van der Waals surface area contributed by atoms with Crippen molar-refractivity contribution in [3.63, 3.8) is 0 Å². The van der Waals surface area contributed by atoms with Gasteiger partial charge < -0.3 is 15.2 Å². The summed E-state index contributed by atoms with van der Waals surface area (Å²) in [6.45, 7) is 0. The molecule has 0 unspecified atom stereocenters. The molecule has 1 heterocycles. The van der Waals surface area contributed by atoms with E-state index >= 15 is 0 Å². The third-order valence-corrected chi connectivity index (χ3v) is 4.10. The Labute approximate surface area is 136 Å². The first-order chi connectivity index (χ1) is 10.6. The van der Waals surface area contributed by atoms with E-state index in [0.29, 0.717) is 17.1 Å². The third kappa shape index (κ3) is 2.42. The van der Waals surface area contributed by atoms with Crippen LogP contribution in [0.4, 0.5) is 0 Å². The van der Waals surface area contributed by atoms with Crippen molar-refractivity contribution in [2.24, 2.45) is 5.73 Å². The van der Waals surface area contributed by atoms with Gasteiger partial charge in [-0.15, -0.1) is 0 Å². The van der Waals surface area contributed by atoms with E-state index in [4.69, 9.17) is 15.2 Å². The molecule has 2 aromatic rings. The number of benzene rings is 2. The number of methoxy groups -OCH3 is 1. The molecule has 1 aliphatic heterocycles. The number of halogens is 1. The van der Waals surface area contributed by atoms with Crippen molar-refractivity contribution in [2.75, 3.05) is 7.11 Å². The molecule has 0 aliphatic carbocycles. The van der Waals surface area contributed by atoms with Crippen LogP contribution in [0, 0.1) is 11.3 Å². The molecule has 0 bridgehead atoms. The fourth-order valence-electron chi connectivity index (χ4n) is 2.59. The van der Waals surface area contributed by atoms with Crippen LogP contribution in [0.25, 0.3) is 0 Å². The number of nitriles is 1. The van der Waals surface area contributed by atoms with E-state index in [2.05, 4.69) is 22.0 Å². The molecule has 22 heavy (non-hydrogen) atoms. The average molecular weight is 357 g/mol. The summed E-state index contributed by atoms with van der Waals surface area (Å²) < 4.78 is 11.8. The van der Waals surface area contributed by atoms with Crippen LogP contribution in [0.15, 0.2) is 58.4 Å². The summed E-state index contributed by atoms with van der Waals surface area (Å²) in [5.41, 5.74) is 8.23. The predicted molar refractivity (Wildman–Crippen MR) is 86.4 cm³/mol. The van der Waals surface area contributed by atoms with Crippen molar-refractivity contribution in [1.82, 2.24) is 0 Å². The minimum absolute atomic E-state index is 0.133. The van der Waals surface area contributed by atoms with Gasteiger partial charge in [-0.3, -0.25) is 0 Å². The highest BCUT2D eigenvalue weighted by Crippen LogP contribution is 2.43. The maximum atomic E-state index is 9.48. The molecule has 3 rings (SSSR count). The van der Waals surface area contributed by atoms with Gasteiger partial charge in [0.1, 0.15) is 23.1 Å². The monoisotopic (exact) mass is 356 g/mol. The molecule has 0 spiro atoms. The van der Waals surface area contributed by atoms with Crippen LogP contribution in [0.3, 0.4) is 0 Å². The Kier molecular flexibility index (Phi) is 3.78. The molecular weight excluding hydrogens is 344 g/mol. The number of hydrogen-bond donors (Lipinski definition) is 1. The lowest BCUT2D eigenvalue weighted by Gasteiger charge is -2.26. The fourth-order valence-corrected chi connectivity index (χ4v) is 3.01. The topological polar surface area (TPSA) is 68.3 Å². The zero-order chi connectivity index (χ0) is 15.7. The molecule has 0 amide bonds. The lowest BCUT2D eigenvalue weighted by atomic mass is 9.83. The third-order valence-electron chi connectivity index (χ3n) is 3.61.